The van der Waals surface area contributed by atoms with E-state index in [1.807, 2.05) is 29.2 Å². The van der Waals surface area contributed by atoms with E-state index in [1.54, 1.807) is 55.8 Å². The second kappa shape index (κ2) is 12.1. The summed E-state index contributed by atoms with van der Waals surface area (Å²) in [5.74, 6) is 1.08. The highest BCUT2D eigenvalue weighted by atomic mass is 35.5. The molecule has 13 heteroatoms. The summed E-state index contributed by atoms with van der Waals surface area (Å²) >= 11 is 7.24. The van der Waals surface area contributed by atoms with E-state index in [-0.39, 0.29) is 15.9 Å². The van der Waals surface area contributed by atoms with Crippen LogP contribution in [0.3, 0.4) is 0 Å². The summed E-state index contributed by atoms with van der Waals surface area (Å²) in [4.78, 5) is 26.3. The minimum Gasteiger partial charge on any atom is -0.497 e. The second-order valence-corrected chi connectivity index (χ2v) is 12.9. The SMILES string of the molecule is COc1ccc(N2CCN(C(=O)c3cccnc3Nc3ccc(S(=O)(=O)Nc4nc5cc(Cl)ccc5s4)cc3)CC2)cc1. The molecule has 1 aliphatic rings. The lowest BCUT2D eigenvalue weighted by Crippen LogP contribution is -2.48. The minimum absolute atomic E-state index is 0.0717. The molecule has 5 aromatic rings. The maximum Gasteiger partial charge on any atom is 0.263 e. The number of carbonyl (C=O) groups excluding carboxylic acids is 1. The number of nitrogens with one attached hydrogen (secondary N) is 2. The molecule has 0 atom stereocenters. The third kappa shape index (κ3) is 6.36. The first-order valence-electron chi connectivity index (χ1n) is 13.4. The fraction of sp³-hybridized carbons (Fsp3) is 0.167. The Balaban J connectivity index is 1.11. The second-order valence-electron chi connectivity index (χ2n) is 9.76. The summed E-state index contributed by atoms with van der Waals surface area (Å²) in [5, 5.41) is 3.95. The highest BCUT2D eigenvalue weighted by Crippen LogP contribution is 2.30. The Bertz CT molecular complexity index is 1870. The topological polar surface area (TPSA) is 117 Å². The maximum absolute atomic E-state index is 13.5. The number of pyridine rings is 1. The van der Waals surface area contributed by atoms with Crippen LogP contribution in [0.4, 0.5) is 22.3 Å². The van der Waals surface area contributed by atoms with Crippen molar-refractivity contribution < 1.29 is 17.9 Å². The van der Waals surface area contributed by atoms with Gasteiger partial charge in [0.25, 0.3) is 15.9 Å². The van der Waals surface area contributed by atoms with Crippen LogP contribution in [0.15, 0.2) is 90.0 Å². The quantitative estimate of drug-likeness (QED) is 0.218. The average Bonchev–Trinajstić information content (AvgIpc) is 3.42. The van der Waals surface area contributed by atoms with Crippen molar-refractivity contribution in [3.05, 3.63) is 95.6 Å². The molecule has 0 spiro atoms. The number of aromatic nitrogens is 2. The summed E-state index contributed by atoms with van der Waals surface area (Å²) in [6.07, 6.45) is 1.61. The molecule has 1 fully saturated rings. The molecule has 6 rings (SSSR count). The van der Waals surface area contributed by atoms with Crippen LogP contribution in [0.1, 0.15) is 10.4 Å². The Morgan fingerprint density at radius 2 is 1.72 bits per heavy atom. The van der Waals surface area contributed by atoms with E-state index in [0.717, 1.165) is 16.1 Å². The molecule has 0 radical (unpaired) electrons. The minimum atomic E-state index is -3.87. The van der Waals surface area contributed by atoms with Crippen molar-refractivity contribution >= 4 is 71.4 Å². The van der Waals surface area contributed by atoms with E-state index in [0.29, 0.717) is 53.8 Å². The standard InChI is InChI=1S/C30H27ClN6O4S2/c1-41-23-9-7-22(8-10-23)36-15-17-37(18-16-36)29(38)25-3-2-14-32-28(25)33-21-5-11-24(12-6-21)43(39,40)35-30-34-26-19-20(31)4-13-27(26)42-30/h2-14,19H,15-18H2,1H3,(H,32,33)(H,34,35). The number of hydrogen-bond donors (Lipinski definition) is 2. The van der Waals surface area contributed by atoms with Gasteiger partial charge in [0.05, 0.1) is 27.8 Å². The first-order valence-corrected chi connectivity index (χ1v) is 16.1. The van der Waals surface area contributed by atoms with Crippen molar-refractivity contribution in [2.24, 2.45) is 0 Å². The molecule has 1 saturated heterocycles. The Labute approximate surface area is 258 Å². The van der Waals surface area contributed by atoms with Gasteiger partial charge >= 0.3 is 0 Å². The normalized spacial score (nSPS) is 13.6. The predicted molar refractivity (Wildman–Crippen MR) is 171 cm³/mol. The first kappa shape index (κ1) is 28.7. The summed E-state index contributed by atoms with van der Waals surface area (Å²) in [5.41, 5.74) is 2.73. The number of fused-ring (bicyclic) bond motifs is 1. The fourth-order valence-corrected chi connectivity index (χ4v) is 7.03. The molecule has 43 heavy (non-hydrogen) atoms. The Morgan fingerprint density at radius 3 is 2.44 bits per heavy atom. The number of nitrogens with zero attached hydrogens (tertiary/aromatic N) is 4. The number of anilines is 4. The van der Waals surface area contributed by atoms with Crippen molar-refractivity contribution in [1.82, 2.24) is 14.9 Å². The third-order valence-electron chi connectivity index (χ3n) is 7.04. The average molecular weight is 635 g/mol. The summed E-state index contributed by atoms with van der Waals surface area (Å²) < 4.78 is 34.6. The number of ether oxygens (including phenoxy) is 1. The largest absolute Gasteiger partial charge is 0.497 e. The third-order valence-corrected chi connectivity index (χ3v) is 9.71. The monoisotopic (exact) mass is 634 g/mol. The number of thiazole rings is 1. The number of sulfonamides is 1. The number of methoxy groups -OCH3 is 1. The molecule has 0 saturated carbocycles. The zero-order valence-electron chi connectivity index (χ0n) is 23.0. The van der Waals surface area contributed by atoms with Gasteiger partial charge in [-0.2, -0.15) is 0 Å². The van der Waals surface area contributed by atoms with Crippen LogP contribution in [-0.4, -0.2) is 62.5 Å². The molecule has 1 amide bonds. The number of amides is 1. The number of piperazine rings is 1. The Morgan fingerprint density at radius 1 is 0.977 bits per heavy atom. The molecule has 0 bridgehead atoms. The number of hydrogen-bond acceptors (Lipinski definition) is 9. The van der Waals surface area contributed by atoms with Gasteiger partial charge in [0.1, 0.15) is 11.6 Å². The van der Waals surface area contributed by atoms with Gasteiger partial charge in [0, 0.05) is 48.8 Å². The summed E-state index contributed by atoms with van der Waals surface area (Å²) in [6.45, 7) is 2.55. The van der Waals surface area contributed by atoms with Gasteiger partial charge in [-0.3, -0.25) is 9.52 Å². The molecule has 10 nitrogen and oxygen atoms in total. The van der Waals surface area contributed by atoms with Crippen LogP contribution in [0.25, 0.3) is 10.2 Å². The van der Waals surface area contributed by atoms with E-state index in [4.69, 9.17) is 16.3 Å². The molecule has 1 aliphatic heterocycles. The van der Waals surface area contributed by atoms with Crippen LogP contribution in [0, 0.1) is 0 Å². The molecule has 2 N–H and O–H groups in total. The van der Waals surface area contributed by atoms with Crippen molar-refractivity contribution in [1.29, 1.82) is 0 Å². The van der Waals surface area contributed by atoms with Gasteiger partial charge in [-0.25, -0.2) is 18.4 Å². The molecule has 2 aromatic heterocycles. The highest BCUT2D eigenvalue weighted by Gasteiger charge is 2.25. The zero-order valence-corrected chi connectivity index (χ0v) is 25.4. The van der Waals surface area contributed by atoms with E-state index < -0.39 is 10.0 Å². The van der Waals surface area contributed by atoms with Gasteiger partial charge in [0.2, 0.25) is 0 Å². The van der Waals surface area contributed by atoms with Crippen LogP contribution < -0.4 is 19.7 Å². The molecule has 0 aliphatic carbocycles. The van der Waals surface area contributed by atoms with Gasteiger partial charge < -0.3 is 19.9 Å². The number of rotatable bonds is 8. The number of benzene rings is 3. The van der Waals surface area contributed by atoms with E-state index in [9.17, 15) is 13.2 Å². The Hall–Kier alpha value is -4.39. The predicted octanol–water partition coefficient (Wildman–Crippen LogP) is 5.86. The van der Waals surface area contributed by atoms with E-state index in [2.05, 4.69) is 24.9 Å². The lowest BCUT2D eigenvalue weighted by molar-refractivity contribution is 0.0747. The van der Waals surface area contributed by atoms with Gasteiger partial charge in [-0.1, -0.05) is 22.9 Å². The van der Waals surface area contributed by atoms with Crippen molar-refractivity contribution in [3.8, 4) is 5.75 Å². The van der Waals surface area contributed by atoms with Crippen LogP contribution >= 0.6 is 22.9 Å². The maximum atomic E-state index is 13.5. The molecular formula is C30H27ClN6O4S2. The van der Waals surface area contributed by atoms with Crippen molar-refractivity contribution in [2.75, 3.05) is 48.2 Å². The Kier molecular flexibility index (Phi) is 8.06. The molecule has 220 valence electrons. The van der Waals surface area contributed by atoms with Crippen molar-refractivity contribution in [2.45, 2.75) is 4.90 Å². The van der Waals surface area contributed by atoms with Gasteiger partial charge in [0.15, 0.2) is 5.13 Å². The van der Waals surface area contributed by atoms with Gasteiger partial charge in [-0.15, -0.1) is 0 Å². The first-order chi connectivity index (χ1) is 20.8. The number of halogens is 1. The zero-order chi connectivity index (χ0) is 30.0. The molecule has 3 aromatic carbocycles. The summed E-state index contributed by atoms with van der Waals surface area (Å²) in [6, 6.07) is 22.8. The lowest BCUT2D eigenvalue weighted by Gasteiger charge is -2.36. The van der Waals surface area contributed by atoms with Gasteiger partial charge in [-0.05, 0) is 78.9 Å². The smallest absolute Gasteiger partial charge is 0.263 e. The molecule has 0 unspecified atom stereocenters. The summed E-state index contributed by atoms with van der Waals surface area (Å²) in [7, 11) is -2.23. The fourth-order valence-electron chi connectivity index (χ4n) is 4.78. The van der Waals surface area contributed by atoms with Crippen LogP contribution in [-0.2, 0) is 10.0 Å². The van der Waals surface area contributed by atoms with Crippen molar-refractivity contribution in [3.63, 3.8) is 0 Å². The van der Waals surface area contributed by atoms with Crippen LogP contribution in [0.5, 0.6) is 5.75 Å². The molecular weight excluding hydrogens is 608 g/mol. The number of carbonyl (C=O) groups is 1. The highest BCUT2D eigenvalue weighted by molar-refractivity contribution is 7.93. The van der Waals surface area contributed by atoms with E-state index in [1.165, 1.54) is 23.5 Å². The van der Waals surface area contributed by atoms with Crippen LogP contribution in [0.2, 0.25) is 5.02 Å². The molecule has 3 heterocycles. The van der Waals surface area contributed by atoms with E-state index >= 15 is 0 Å². The lowest BCUT2D eigenvalue weighted by atomic mass is 10.2.